The maximum absolute atomic E-state index is 10.9. The Labute approximate surface area is 69.0 Å². The van der Waals surface area contributed by atoms with Gasteiger partial charge in [0.25, 0.3) is 0 Å². The zero-order valence-electron chi connectivity index (χ0n) is 5.62. The van der Waals surface area contributed by atoms with Crippen LogP contribution in [0.2, 0.25) is 5.02 Å². The molecule has 0 aliphatic carbocycles. The number of halogens is 1. The number of nitriles is 1. The van der Waals surface area contributed by atoms with Crippen molar-refractivity contribution in [2.45, 2.75) is 6.42 Å². The molecule has 1 heterocycles. The van der Waals surface area contributed by atoms with Gasteiger partial charge in [-0.1, -0.05) is 11.6 Å². The molecular formula is C7H5ClN2O. The molecule has 0 atom stereocenters. The summed E-state index contributed by atoms with van der Waals surface area (Å²) in [4.78, 5) is 0. The van der Waals surface area contributed by atoms with Crippen molar-refractivity contribution in [3.63, 3.8) is 0 Å². The first-order chi connectivity index (χ1) is 5.24. The summed E-state index contributed by atoms with van der Waals surface area (Å²) in [6.45, 7) is 0. The standard InChI is InChI=1S/C7H5ClN2O/c8-6-1-2-7(3-4-9)10(11)5-6/h1-2,5H,3H2. The molecule has 1 rings (SSSR count). The normalized spacial score (nSPS) is 9.09. The van der Waals surface area contributed by atoms with Crippen LogP contribution in [0.1, 0.15) is 5.69 Å². The second-order valence-electron chi connectivity index (χ2n) is 2.00. The molecule has 0 unspecified atom stereocenters. The van der Waals surface area contributed by atoms with Gasteiger partial charge in [-0.05, 0) is 6.07 Å². The van der Waals surface area contributed by atoms with Crippen LogP contribution in [0, 0.1) is 16.5 Å². The molecule has 0 spiro atoms. The lowest BCUT2D eigenvalue weighted by atomic mass is 10.3. The van der Waals surface area contributed by atoms with Gasteiger partial charge in [0, 0.05) is 6.07 Å². The van der Waals surface area contributed by atoms with Crippen molar-refractivity contribution in [1.29, 1.82) is 5.26 Å². The van der Waals surface area contributed by atoms with Gasteiger partial charge in [0.15, 0.2) is 6.20 Å². The van der Waals surface area contributed by atoms with E-state index in [2.05, 4.69) is 0 Å². The molecule has 0 bridgehead atoms. The highest BCUT2D eigenvalue weighted by Gasteiger charge is 2.03. The molecule has 56 valence electrons. The largest absolute Gasteiger partial charge is 0.618 e. The predicted molar refractivity (Wildman–Crippen MR) is 39.7 cm³/mol. The van der Waals surface area contributed by atoms with Crippen molar-refractivity contribution < 1.29 is 4.73 Å². The van der Waals surface area contributed by atoms with Gasteiger partial charge in [-0.2, -0.15) is 9.99 Å². The van der Waals surface area contributed by atoms with Crippen molar-refractivity contribution in [2.75, 3.05) is 0 Å². The molecular weight excluding hydrogens is 164 g/mol. The lowest BCUT2D eigenvalue weighted by molar-refractivity contribution is -0.613. The highest BCUT2D eigenvalue weighted by molar-refractivity contribution is 6.30. The van der Waals surface area contributed by atoms with E-state index < -0.39 is 0 Å². The molecule has 0 aromatic carbocycles. The SMILES string of the molecule is N#CCc1ccc(Cl)c[n+]1[O-]. The molecule has 11 heavy (non-hydrogen) atoms. The summed E-state index contributed by atoms with van der Waals surface area (Å²) in [5, 5.41) is 19.6. The van der Waals surface area contributed by atoms with E-state index in [-0.39, 0.29) is 6.42 Å². The van der Waals surface area contributed by atoms with Gasteiger partial charge >= 0.3 is 0 Å². The second-order valence-corrected chi connectivity index (χ2v) is 2.44. The summed E-state index contributed by atoms with van der Waals surface area (Å²) in [6, 6.07) is 5.01. The van der Waals surface area contributed by atoms with Crippen molar-refractivity contribution in [3.05, 3.63) is 34.3 Å². The highest BCUT2D eigenvalue weighted by Crippen LogP contribution is 2.04. The smallest absolute Gasteiger partial charge is 0.206 e. The van der Waals surface area contributed by atoms with Crippen LogP contribution in [-0.4, -0.2) is 0 Å². The lowest BCUT2D eigenvalue weighted by Gasteiger charge is -1.99. The molecule has 1 aromatic rings. The van der Waals surface area contributed by atoms with E-state index in [1.165, 1.54) is 6.20 Å². The fourth-order valence-corrected chi connectivity index (χ4v) is 0.857. The quantitative estimate of drug-likeness (QED) is 0.465. The zero-order valence-corrected chi connectivity index (χ0v) is 6.38. The van der Waals surface area contributed by atoms with Crippen LogP contribution in [0.25, 0.3) is 0 Å². The number of nitrogens with zero attached hydrogens (tertiary/aromatic N) is 2. The molecule has 1 aromatic heterocycles. The van der Waals surface area contributed by atoms with Crippen molar-refractivity contribution in [3.8, 4) is 6.07 Å². The van der Waals surface area contributed by atoms with Gasteiger partial charge < -0.3 is 5.21 Å². The van der Waals surface area contributed by atoms with Crippen LogP contribution in [0.15, 0.2) is 18.3 Å². The van der Waals surface area contributed by atoms with Gasteiger partial charge in [0.05, 0.1) is 6.07 Å². The molecule has 0 saturated heterocycles. The summed E-state index contributed by atoms with van der Waals surface area (Å²) >= 11 is 5.51. The third-order valence-electron chi connectivity index (χ3n) is 1.22. The van der Waals surface area contributed by atoms with E-state index in [0.29, 0.717) is 15.4 Å². The molecule has 0 saturated carbocycles. The van der Waals surface area contributed by atoms with Crippen LogP contribution in [-0.2, 0) is 6.42 Å². The minimum absolute atomic E-state index is 0.112. The first-order valence-corrected chi connectivity index (χ1v) is 3.36. The maximum Gasteiger partial charge on any atom is 0.206 e. The third kappa shape index (κ3) is 1.82. The van der Waals surface area contributed by atoms with Gasteiger partial charge in [0.1, 0.15) is 11.4 Å². The van der Waals surface area contributed by atoms with Crippen molar-refractivity contribution in [1.82, 2.24) is 0 Å². The van der Waals surface area contributed by atoms with Gasteiger partial charge in [0.2, 0.25) is 5.69 Å². The van der Waals surface area contributed by atoms with Gasteiger partial charge in [-0.15, -0.1) is 0 Å². The summed E-state index contributed by atoms with van der Waals surface area (Å²) in [7, 11) is 0. The lowest BCUT2D eigenvalue weighted by Crippen LogP contribution is -2.30. The minimum Gasteiger partial charge on any atom is -0.618 e. The summed E-state index contributed by atoms with van der Waals surface area (Å²) in [5.74, 6) is 0. The van der Waals surface area contributed by atoms with Crippen LogP contribution in [0.4, 0.5) is 0 Å². The average Bonchev–Trinajstić information content (AvgIpc) is 1.95. The fourth-order valence-electron chi connectivity index (χ4n) is 0.705. The Morgan fingerprint density at radius 1 is 1.64 bits per heavy atom. The topological polar surface area (TPSA) is 50.7 Å². The molecule has 0 aliphatic rings. The molecule has 0 amide bonds. The van der Waals surface area contributed by atoms with E-state index in [1.54, 1.807) is 12.1 Å². The van der Waals surface area contributed by atoms with Crippen LogP contribution in [0.5, 0.6) is 0 Å². The first-order valence-electron chi connectivity index (χ1n) is 2.98. The maximum atomic E-state index is 10.9. The summed E-state index contributed by atoms with van der Waals surface area (Å²) in [6.07, 6.45) is 1.34. The Morgan fingerprint density at radius 3 is 2.91 bits per heavy atom. The van der Waals surface area contributed by atoms with Gasteiger partial charge in [-0.25, -0.2) is 0 Å². The minimum atomic E-state index is 0.112. The number of hydrogen-bond acceptors (Lipinski definition) is 2. The number of pyridine rings is 1. The fraction of sp³-hybridized carbons (Fsp3) is 0.143. The van der Waals surface area contributed by atoms with Crippen molar-refractivity contribution >= 4 is 11.6 Å². The highest BCUT2D eigenvalue weighted by atomic mass is 35.5. The molecule has 0 aliphatic heterocycles. The molecule has 0 radical (unpaired) electrons. The Hall–Kier alpha value is -1.27. The number of rotatable bonds is 1. The van der Waals surface area contributed by atoms with Gasteiger partial charge in [-0.3, -0.25) is 0 Å². The Bertz CT molecular complexity index is 306. The number of aromatic nitrogens is 1. The second kappa shape index (κ2) is 3.22. The van der Waals surface area contributed by atoms with Crippen molar-refractivity contribution in [2.24, 2.45) is 0 Å². The Morgan fingerprint density at radius 2 is 2.36 bits per heavy atom. The molecule has 3 nitrogen and oxygen atoms in total. The monoisotopic (exact) mass is 168 g/mol. The summed E-state index contributed by atoms with van der Waals surface area (Å²) < 4.78 is 0.603. The third-order valence-corrected chi connectivity index (χ3v) is 1.44. The van der Waals surface area contributed by atoms with Crippen LogP contribution < -0.4 is 4.73 Å². The molecule has 0 N–H and O–H groups in total. The van der Waals surface area contributed by atoms with E-state index >= 15 is 0 Å². The van der Waals surface area contributed by atoms with E-state index in [0.717, 1.165) is 0 Å². The van der Waals surface area contributed by atoms with E-state index in [9.17, 15) is 5.21 Å². The molecule has 4 heteroatoms. The van der Waals surface area contributed by atoms with E-state index in [4.69, 9.17) is 16.9 Å². The predicted octanol–water partition coefficient (Wildman–Crippen LogP) is 1.04. The average molecular weight is 169 g/mol. The number of hydrogen-bond donors (Lipinski definition) is 0. The Kier molecular flexibility index (Phi) is 2.29. The van der Waals surface area contributed by atoms with Crippen LogP contribution >= 0.6 is 11.6 Å². The molecule has 0 fully saturated rings. The first kappa shape index (κ1) is 7.83. The van der Waals surface area contributed by atoms with E-state index in [1.807, 2.05) is 6.07 Å². The Balaban J connectivity index is 3.01. The zero-order chi connectivity index (χ0) is 8.27. The summed E-state index contributed by atoms with van der Waals surface area (Å²) in [5.41, 5.74) is 0.414. The van der Waals surface area contributed by atoms with Crippen LogP contribution in [0.3, 0.4) is 0 Å².